The van der Waals surface area contributed by atoms with Gasteiger partial charge in [-0.05, 0) is 60.0 Å². The number of hydrogen-bond donors (Lipinski definition) is 0. The summed E-state index contributed by atoms with van der Waals surface area (Å²) >= 11 is 7.02. The molecule has 0 amide bonds. The van der Waals surface area contributed by atoms with E-state index in [2.05, 4.69) is 53.9 Å². The van der Waals surface area contributed by atoms with Crippen LogP contribution in [0.15, 0.2) is 66.0 Å². The molecule has 0 aliphatic heterocycles. The second-order valence-electron chi connectivity index (χ2n) is 6.70. The normalized spacial score (nSPS) is 11.5. The van der Waals surface area contributed by atoms with Crippen molar-refractivity contribution in [3.05, 3.63) is 66.0 Å². The largest absolute Gasteiger partial charge is 0.497 e. The minimum absolute atomic E-state index is 0.855. The monoisotopic (exact) mass is 462 g/mol. The molecule has 0 N–H and O–H groups in total. The summed E-state index contributed by atoms with van der Waals surface area (Å²) in [6.07, 6.45) is 0. The summed E-state index contributed by atoms with van der Waals surface area (Å²) in [6, 6.07) is 21.0. The Kier molecular flexibility index (Phi) is 4.42. The highest BCUT2D eigenvalue weighted by molar-refractivity contribution is 7.28. The Morgan fingerprint density at radius 3 is 2.10 bits per heavy atom. The van der Waals surface area contributed by atoms with Crippen molar-refractivity contribution < 1.29 is 4.74 Å². The molecular weight excluding hydrogens is 449 g/mol. The Labute approximate surface area is 188 Å². The van der Waals surface area contributed by atoms with Gasteiger partial charge in [0.05, 0.1) is 32.4 Å². The summed E-state index contributed by atoms with van der Waals surface area (Å²) in [5.74, 6) is 0.855. The van der Waals surface area contributed by atoms with Crippen LogP contribution in [0.2, 0.25) is 0 Å². The fraction of sp³-hybridized carbons (Fsp3) is 0.0435. The van der Waals surface area contributed by atoms with E-state index in [0.29, 0.717) is 0 Å². The molecule has 4 heterocycles. The lowest BCUT2D eigenvalue weighted by atomic mass is 10.2. The van der Waals surface area contributed by atoms with Crippen LogP contribution in [0, 0.1) is 0 Å². The molecule has 146 valence electrons. The molecule has 0 bridgehead atoms. The van der Waals surface area contributed by atoms with Gasteiger partial charge in [0.2, 0.25) is 0 Å². The zero-order valence-electron chi connectivity index (χ0n) is 15.8. The average molecular weight is 463 g/mol. The van der Waals surface area contributed by atoms with E-state index in [1.54, 1.807) is 52.5 Å². The molecule has 0 radical (unpaired) electrons. The van der Waals surface area contributed by atoms with Crippen molar-refractivity contribution in [3.63, 3.8) is 0 Å². The Hall–Kier alpha value is -2.58. The fourth-order valence-electron chi connectivity index (χ4n) is 3.32. The van der Waals surface area contributed by atoms with Crippen LogP contribution in [0.5, 0.6) is 5.75 Å². The van der Waals surface area contributed by atoms with Gasteiger partial charge >= 0.3 is 0 Å². The molecule has 0 unspecified atom stereocenters. The fourth-order valence-corrected chi connectivity index (χ4v) is 7.18. The summed E-state index contributed by atoms with van der Waals surface area (Å²) in [5, 5.41) is 4.21. The van der Waals surface area contributed by atoms with Crippen LogP contribution in [0.25, 0.3) is 50.6 Å². The van der Waals surface area contributed by atoms with E-state index in [-0.39, 0.29) is 0 Å². The zero-order valence-corrected chi connectivity index (χ0v) is 19.1. The van der Waals surface area contributed by atoms with Gasteiger partial charge in [-0.3, -0.25) is 0 Å². The first kappa shape index (κ1) is 18.2. The molecule has 2 aromatic carbocycles. The predicted molar refractivity (Wildman–Crippen MR) is 131 cm³/mol. The number of benzene rings is 2. The van der Waals surface area contributed by atoms with Gasteiger partial charge in [-0.2, -0.15) is 0 Å². The molecule has 3 nitrogen and oxygen atoms in total. The summed E-state index contributed by atoms with van der Waals surface area (Å²) < 4.78 is 7.59. The van der Waals surface area contributed by atoms with Crippen molar-refractivity contribution in [3.8, 4) is 36.0 Å². The number of thiophene rings is 2. The highest BCUT2D eigenvalue weighted by Gasteiger charge is 2.14. The molecule has 0 saturated carbocycles. The van der Waals surface area contributed by atoms with Gasteiger partial charge in [0, 0.05) is 15.3 Å². The van der Waals surface area contributed by atoms with E-state index in [1.807, 2.05) is 12.1 Å². The molecule has 0 aliphatic rings. The quantitative estimate of drug-likeness (QED) is 0.266. The van der Waals surface area contributed by atoms with E-state index < -0.39 is 0 Å². The predicted octanol–water partition coefficient (Wildman–Crippen LogP) is 8.04. The number of rotatable bonds is 4. The summed E-state index contributed by atoms with van der Waals surface area (Å²) in [5.41, 5.74) is 3.17. The van der Waals surface area contributed by atoms with Crippen LogP contribution >= 0.6 is 45.3 Å². The first-order valence-corrected chi connectivity index (χ1v) is 12.6. The summed E-state index contributed by atoms with van der Waals surface area (Å²) in [6.45, 7) is 0. The van der Waals surface area contributed by atoms with E-state index in [0.717, 1.165) is 37.1 Å². The van der Waals surface area contributed by atoms with Crippen molar-refractivity contribution in [1.29, 1.82) is 0 Å². The first-order chi connectivity index (χ1) is 14.8. The van der Waals surface area contributed by atoms with Crippen LogP contribution in [-0.2, 0) is 0 Å². The van der Waals surface area contributed by atoms with E-state index in [1.165, 1.54) is 19.3 Å². The van der Waals surface area contributed by atoms with Crippen LogP contribution in [0.1, 0.15) is 0 Å². The molecule has 7 heteroatoms. The highest BCUT2D eigenvalue weighted by atomic mass is 32.1. The lowest BCUT2D eigenvalue weighted by molar-refractivity contribution is 0.415. The minimum Gasteiger partial charge on any atom is -0.497 e. The molecule has 0 atom stereocenters. The van der Waals surface area contributed by atoms with E-state index >= 15 is 0 Å². The number of fused-ring (bicyclic) bond motifs is 2. The standard InChI is InChI=1S/C23H14N2OS4/c1-26-14-6-4-13(5-7-14)22-24-15-11-21-16(12-20(15)29-22)25-23(30-21)19-9-8-18(28-19)17-3-2-10-27-17/h2-12H,1H3. The second-order valence-corrected chi connectivity index (χ2v) is 10.8. The topological polar surface area (TPSA) is 35.0 Å². The Morgan fingerprint density at radius 2 is 1.40 bits per heavy atom. The number of hydrogen-bond acceptors (Lipinski definition) is 7. The maximum atomic E-state index is 5.25. The van der Waals surface area contributed by atoms with Gasteiger partial charge in [-0.15, -0.1) is 45.3 Å². The lowest BCUT2D eigenvalue weighted by Crippen LogP contribution is -1.82. The third kappa shape index (κ3) is 3.15. The zero-order chi connectivity index (χ0) is 20.1. The molecule has 6 aromatic rings. The SMILES string of the molecule is COc1ccc(-c2nc3cc4sc(-c5ccc(-c6cccs6)s5)nc4cc3s2)cc1. The van der Waals surface area contributed by atoms with Crippen LogP contribution in [-0.4, -0.2) is 17.1 Å². The number of nitrogens with zero attached hydrogens (tertiary/aromatic N) is 2. The molecule has 0 aliphatic carbocycles. The van der Waals surface area contributed by atoms with Gasteiger partial charge in [0.25, 0.3) is 0 Å². The number of aromatic nitrogens is 2. The molecule has 0 spiro atoms. The molecule has 0 saturated heterocycles. The molecule has 30 heavy (non-hydrogen) atoms. The number of methoxy groups -OCH3 is 1. The van der Waals surface area contributed by atoms with Crippen molar-refractivity contribution in [2.45, 2.75) is 0 Å². The smallest absolute Gasteiger partial charge is 0.134 e. The highest BCUT2D eigenvalue weighted by Crippen LogP contribution is 2.41. The van der Waals surface area contributed by atoms with E-state index in [4.69, 9.17) is 14.7 Å². The first-order valence-electron chi connectivity index (χ1n) is 9.26. The lowest BCUT2D eigenvalue weighted by Gasteiger charge is -1.99. The molecule has 4 aromatic heterocycles. The van der Waals surface area contributed by atoms with Gasteiger partial charge in [-0.1, -0.05) is 6.07 Å². The van der Waals surface area contributed by atoms with Crippen LogP contribution in [0.3, 0.4) is 0 Å². The Bertz CT molecular complexity index is 1420. The molecule has 6 rings (SSSR count). The van der Waals surface area contributed by atoms with Gasteiger partial charge in [0.15, 0.2) is 0 Å². The van der Waals surface area contributed by atoms with Crippen LogP contribution in [0.4, 0.5) is 0 Å². The average Bonchev–Trinajstić information content (AvgIpc) is 3.56. The summed E-state index contributed by atoms with van der Waals surface area (Å²) in [7, 11) is 1.68. The van der Waals surface area contributed by atoms with Crippen molar-refractivity contribution in [2.24, 2.45) is 0 Å². The van der Waals surface area contributed by atoms with Crippen molar-refractivity contribution >= 4 is 65.8 Å². The van der Waals surface area contributed by atoms with Crippen molar-refractivity contribution in [1.82, 2.24) is 9.97 Å². The third-order valence-corrected chi connectivity index (χ3v) is 9.22. The van der Waals surface area contributed by atoms with Gasteiger partial charge in [0.1, 0.15) is 15.8 Å². The van der Waals surface area contributed by atoms with Gasteiger partial charge in [-0.25, -0.2) is 9.97 Å². The van der Waals surface area contributed by atoms with Gasteiger partial charge < -0.3 is 4.74 Å². The Morgan fingerprint density at radius 1 is 0.700 bits per heavy atom. The maximum absolute atomic E-state index is 5.25. The summed E-state index contributed by atoms with van der Waals surface area (Å²) in [4.78, 5) is 13.6. The maximum Gasteiger partial charge on any atom is 0.134 e. The minimum atomic E-state index is 0.855. The second kappa shape index (κ2) is 7.28. The van der Waals surface area contributed by atoms with Crippen LogP contribution < -0.4 is 4.74 Å². The third-order valence-electron chi connectivity index (χ3n) is 4.82. The Balaban J connectivity index is 1.37. The number of ether oxygens (including phenoxy) is 1. The molecular formula is C23H14N2OS4. The number of thiazole rings is 2. The van der Waals surface area contributed by atoms with E-state index in [9.17, 15) is 0 Å². The van der Waals surface area contributed by atoms with Crippen molar-refractivity contribution in [2.75, 3.05) is 7.11 Å². The molecule has 0 fully saturated rings.